The number of nitrogens with one attached hydrogen (secondary N) is 1. The lowest BCUT2D eigenvalue weighted by Gasteiger charge is -2.36. The maximum absolute atomic E-state index is 13.4. The zero-order valence-electron chi connectivity index (χ0n) is 19.9. The van der Waals surface area contributed by atoms with Gasteiger partial charge in [0.25, 0.3) is 11.8 Å². The minimum atomic E-state index is -0.590. The van der Waals surface area contributed by atoms with Crippen molar-refractivity contribution in [3.05, 3.63) is 88.0 Å². The normalized spacial score (nSPS) is 14.6. The zero-order valence-corrected chi connectivity index (χ0v) is 19.9. The van der Waals surface area contributed by atoms with Crippen LogP contribution in [0.4, 0.5) is 10.1 Å². The van der Waals surface area contributed by atoms with Gasteiger partial charge in [-0.2, -0.15) is 0 Å². The lowest BCUT2D eigenvalue weighted by Crippen LogP contribution is -2.50. The highest BCUT2D eigenvalue weighted by atomic mass is 19.1. The highest BCUT2D eigenvalue weighted by Gasteiger charge is 2.27. The molecule has 3 heterocycles. The van der Waals surface area contributed by atoms with Crippen molar-refractivity contribution >= 4 is 17.5 Å². The van der Waals surface area contributed by atoms with Crippen molar-refractivity contribution < 1.29 is 18.4 Å². The van der Waals surface area contributed by atoms with E-state index >= 15 is 0 Å². The Hall–Kier alpha value is -3.88. The van der Waals surface area contributed by atoms with Gasteiger partial charge in [-0.1, -0.05) is 6.92 Å². The molecule has 4 rings (SSSR count). The fourth-order valence-corrected chi connectivity index (χ4v) is 4.04. The molecule has 1 N–H and O–H groups in total. The van der Waals surface area contributed by atoms with Crippen LogP contribution in [-0.4, -0.2) is 47.5 Å². The van der Waals surface area contributed by atoms with Crippen LogP contribution in [0.3, 0.4) is 0 Å². The topological polar surface area (TPSA) is 87.8 Å². The smallest absolute Gasteiger partial charge is 0.259 e. The van der Waals surface area contributed by atoms with Gasteiger partial charge in [0.05, 0.1) is 12.8 Å². The number of carbonyl (C=O) groups excluding carboxylic acids is 2. The summed E-state index contributed by atoms with van der Waals surface area (Å²) in [5.41, 5.74) is 0.194. The van der Waals surface area contributed by atoms with Crippen LogP contribution in [0.5, 0.6) is 0 Å². The monoisotopic (exact) mass is 480 g/mol. The minimum Gasteiger partial charge on any atom is -0.467 e. The Kier molecular flexibility index (Phi) is 7.33. The number of pyridine rings is 1. The molecule has 1 aromatic carbocycles. The Morgan fingerprint density at radius 3 is 2.37 bits per heavy atom. The first-order chi connectivity index (χ1) is 16.9. The van der Waals surface area contributed by atoms with Gasteiger partial charge in [0.1, 0.15) is 22.7 Å². The molecule has 8 nitrogen and oxygen atoms in total. The highest BCUT2D eigenvalue weighted by Crippen LogP contribution is 2.18. The Morgan fingerprint density at radius 2 is 1.74 bits per heavy atom. The quantitative estimate of drug-likeness (QED) is 0.560. The molecule has 2 aromatic heterocycles. The van der Waals surface area contributed by atoms with Crippen LogP contribution < -0.4 is 15.6 Å². The fourth-order valence-electron chi connectivity index (χ4n) is 4.04. The van der Waals surface area contributed by atoms with Crippen molar-refractivity contribution in [1.29, 1.82) is 0 Å². The summed E-state index contributed by atoms with van der Waals surface area (Å²) < 4.78 is 20.2. The number of carbonyl (C=O) groups is 2. The molecule has 2 amide bonds. The van der Waals surface area contributed by atoms with Gasteiger partial charge in [0.2, 0.25) is 5.43 Å². The van der Waals surface area contributed by atoms with Crippen LogP contribution in [0.1, 0.15) is 52.8 Å². The van der Waals surface area contributed by atoms with Crippen molar-refractivity contribution in [3.63, 3.8) is 0 Å². The van der Waals surface area contributed by atoms with Crippen molar-refractivity contribution in [2.75, 3.05) is 31.1 Å². The van der Waals surface area contributed by atoms with Gasteiger partial charge in [-0.15, -0.1) is 0 Å². The molecule has 1 aliphatic rings. The third kappa shape index (κ3) is 5.45. The van der Waals surface area contributed by atoms with E-state index < -0.39 is 17.2 Å². The van der Waals surface area contributed by atoms with E-state index in [-0.39, 0.29) is 29.5 Å². The average Bonchev–Trinajstić information content (AvgIpc) is 3.41. The SMILES string of the molecule is CC[C@@H](C)n1cc(C(=O)NCc2ccco2)c(=O)c(C(=O)N2CCN(c3ccc(F)cc3)CC2)c1. The van der Waals surface area contributed by atoms with Gasteiger partial charge in [0, 0.05) is 50.3 Å². The molecule has 0 bridgehead atoms. The predicted molar refractivity (Wildman–Crippen MR) is 130 cm³/mol. The molecule has 0 spiro atoms. The van der Waals surface area contributed by atoms with E-state index in [1.54, 1.807) is 39.9 Å². The number of aromatic nitrogens is 1. The minimum absolute atomic E-state index is 0.00547. The summed E-state index contributed by atoms with van der Waals surface area (Å²) in [6.07, 6.45) is 5.33. The molecular formula is C26H29FN4O4. The number of hydrogen-bond acceptors (Lipinski definition) is 5. The van der Waals surface area contributed by atoms with E-state index in [0.717, 1.165) is 12.1 Å². The Balaban J connectivity index is 1.54. The summed E-state index contributed by atoms with van der Waals surface area (Å²) in [6.45, 7) is 6.03. The van der Waals surface area contributed by atoms with Crippen LogP contribution in [0.2, 0.25) is 0 Å². The molecule has 3 aromatic rings. The maximum Gasteiger partial charge on any atom is 0.259 e. The predicted octanol–water partition coefficient (Wildman–Crippen LogP) is 3.44. The fraction of sp³-hybridized carbons (Fsp3) is 0.346. The summed E-state index contributed by atoms with van der Waals surface area (Å²) in [5, 5.41) is 2.70. The second-order valence-corrected chi connectivity index (χ2v) is 8.64. The average molecular weight is 481 g/mol. The van der Waals surface area contributed by atoms with Crippen LogP contribution in [0.15, 0.2) is 64.3 Å². The van der Waals surface area contributed by atoms with Gasteiger partial charge in [-0.3, -0.25) is 14.4 Å². The van der Waals surface area contributed by atoms with Gasteiger partial charge < -0.3 is 24.1 Å². The number of piperazine rings is 1. The molecule has 0 saturated carbocycles. The van der Waals surface area contributed by atoms with E-state index in [1.165, 1.54) is 24.6 Å². The lowest BCUT2D eigenvalue weighted by atomic mass is 10.1. The van der Waals surface area contributed by atoms with Gasteiger partial charge >= 0.3 is 0 Å². The summed E-state index contributed by atoms with van der Waals surface area (Å²) >= 11 is 0. The Bertz CT molecular complexity index is 1230. The molecule has 9 heteroatoms. The van der Waals surface area contributed by atoms with E-state index in [4.69, 9.17) is 4.42 Å². The number of nitrogens with zero attached hydrogens (tertiary/aromatic N) is 3. The van der Waals surface area contributed by atoms with Crippen LogP contribution in [0.25, 0.3) is 0 Å². The van der Waals surface area contributed by atoms with E-state index in [9.17, 15) is 18.8 Å². The Morgan fingerprint density at radius 1 is 1.06 bits per heavy atom. The largest absolute Gasteiger partial charge is 0.467 e. The number of benzene rings is 1. The summed E-state index contributed by atoms with van der Waals surface area (Å²) in [6, 6.07) is 9.68. The van der Waals surface area contributed by atoms with Crippen LogP contribution in [-0.2, 0) is 6.54 Å². The lowest BCUT2D eigenvalue weighted by molar-refractivity contribution is 0.0744. The van der Waals surface area contributed by atoms with Crippen molar-refractivity contribution in [1.82, 2.24) is 14.8 Å². The molecular weight excluding hydrogens is 451 g/mol. The van der Waals surface area contributed by atoms with Crippen molar-refractivity contribution in [2.45, 2.75) is 32.9 Å². The Labute approximate surface area is 202 Å². The molecule has 1 fully saturated rings. The van der Waals surface area contributed by atoms with E-state index in [2.05, 4.69) is 10.2 Å². The van der Waals surface area contributed by atoms with Crippen LogP contribution >= 0.6 is 0 Å². The molecule has 1 saturated heterocycles. The number of halogens is 1. The maximum atomic E-state index is 13.4. The number of rotatable bonds is 7. The first kappa shape index (κ1) is 24.3. The molecule has 1 atom stereocenters. The second kappa shape index (κ2) is 10.6. The first-order valence-corrected chi connectivity index (χ1v) is 11.7. The summed E-state index contributed by atoms with van der Waals surface area (Å²) in [5.74, 6) is -0.689. The van der Waals surface area contributed by atoms with Crippen molar-refractivity contribution in [2.24, 2.45) is 0 Å². The number of furan rings is 1. The molecule has 0 radical (unpaired) electrons. The molecule has 1 aliphatic heterocycles. The van der Waals surface area contributed by atoms with E-state index in [1.807, 2.05) is 13.8 Å². The summed E-state index contributed by atoms with van der Waals surface area (Å²) in [7, 11) is 0. The van der Waals surface area contributed by atoms with Crippen LogP contribution in [0, 0.1) is 5.82 Å². The number of amides is 2. The van der Waals surface area contributed by atoms with Crippen molar-refractivity contribution in [3.8, 4) is 0 Å². The standard InChI is InChI=1S/C26H29FN4O4/c1-3-18(2)31-16-22(25(33)28-15-21-5-4-14-35-21)24(32)23(17-31)26(34)30-12-10-29(11-13-30)20-8-6-19(27)7-9-20/h4-9,14,16-18H,3,10-13,15H2,1-2H3,(H,28,33)/t18-/m1/s1. The first-order valence-electron chi connectivity index (χ1n) is 11.7. The molecule has 0 aliphatic carbocycles. The molecule has 184 valence electrons. The zero-order chi connectivity index (χ0) is 24.9. The van der Waals surface area contributed by atoms with Gasteiger partial charge in [0.15, 0.2) is 0 Å². The summed E-state index contributed by atoms with van der Waals surface area (Å²) in [4.78, 5) is 43.2. The third-order valence-corrected chi connectivity index (χ3v) is 6.38. The van der Waals surface area contributed by atoms with Gasteiger partial charge in [-0.05, 0) is 49.7 Å². The van der Waals surface area contributed by atoms with Gasteiger partial charge in [-0.25, -0.2) is 4.39 Å². The van der Waals surface area contributed by atoms with E-state index in [0.29, 0.717) is 31.9 Å². The molecule has 0 unspecified atom stereocenters. The highest BCUT2D eigenvalue weighted by molar-refractivity contribution is 5.99. The number of anilines is 1. The molecule has 35 heavy (non-hydrogen) atoms. The second-order valence-electron chi connectivity index (χ2n) is 8.64. The third-order valence-electron chi connectivity index (χ3n) is 6.38. The number of hydrogen-bond donors (Lipinski definition) is 1.